The average molecular weight is 249 g/mol. The Morgan fingerprint density at radius 2 is 2.06 bits per heavy atom. The van der Waals surface area contributed by atoms with Crippen molar-refractivity contribution >= 4 is 0 Å². The minimum Gasteiger partial charge on any atom is -0.472 e. The zero-order valence-electron chi connectivity index (χ0n) is 11.8. The first kappa shape index (κ1) is 13.7. The number of hydrogen-bond donors (Lipinski definition) is 1. The topological polar surface area (TPSA) is 25.2 Å². The third-order valence-electron chi connectivity index (χ3n) is 4.39. The summed E-state index contributed by atoms with van der Waals surface area (Å²) in [5, 5.41) is 3.64. The number of hydrogen-bond acceptors (Lipinski definition) is 2. The highest BCUT2D eigenvalue weighted by Crippen LogP contribution is 2.38. The van der Waals surface area contributed by atoms with Crippen LogP contribution >= 0.6 is 0 Å². The first-order valence-electron chi connectivity index (χ1n) is 7.60. The summed E-state index contributed by atoms with van der Waals surface area (Å²) in [7, 11) is 0. The Balaban J connectivity index is 1.92. The van der Waals surface area contributed by atoms with Crippen molar-refractivity contribution in [1.29, 1.82) is 0 Å². The van der Waals surface area contributed by atoms with Crippen LogP contribution in [-0.2, 0) is 0 Å². The molecule has 1 saturated carbocycles. The molecule has 1 atom stereocenters. The summed E-state index contributed by atoms with van der Waals surface area (Å²) >= 11 is 0. The molecule has 0 aliphatic heterocycles. The molecule has 0 radical (unpaired) electrons. The monoisotopic (exact) mass is 249 g/mol. The van der Waals surface area contributed by atoms with E-state index in [9.17, 15) is 0 Å². The smallest absolute Gasteiger partial charge is 0.0950 e. The molecule has 0 bridgehead atoms. The fourth-order valence-corrected chi connectivity index (χ4v) is 3.45. The van der Waals surface area contributed by atoms with E-state index in [2.05, 4.69) is 25.2 Å². The largest absolute Gasteiger partial charge is 0.472 e. The van der Waals surface area contributed by atoms with Gasteiger partial charge in [0.2, 0.25) is 0 Å². The van der Waals surface area contributed by atoms with Crippen molar-refractivity contribution in [2.45, 2.75) is 58.4 Å². The molecule has 0 aromatic carbocycles. The number of rotatable bonds is 6. The molecule has 1 fully saturated rings. The van der Waals surface area contributed by atoms with E-state index in [1.165, 1.54) is 44.1 Å². The summed E-state index contributed by atoms with van der Waals surface area (Å²) in [4.78, 5) is 0. The molecule has 1 aliphatic carbocycles. The summed E-state index contributed by atoms with van der Waals surface area (Å²) in [5.41, 5.74) is 1.33. The molecule has 1 aromatic heterocycles. The SMILES string of the molecule is CCCC1CCC(C(NCC)c2ccoc2)CC1. The van der Waals surface area contributed by atoms with Crippen LogP contribution in [0.25, 0.3) is 0 Å². The third-order valence-corrected chi connectivity index (χ3v) is 4.39. The lowest BCUT2D eigenvalue weighted by Gasteiger charge is -2.34. The van der Waals surface area contributed by atoms with Crippen molar-refractivity contribution in [1.82, 2.24) is 5.32 Å². The molecule has 0 saturated heterocycles. The van der Waals surface area contributed by atoms with Gasteiger partial charge in [-0.3, -0.25) is 0 Å². The maximum atomic E-state index is 5.25. The van der Waals surface area contributed by atoms with Crippen LogP contribution in [0, 0.1) is 11.8 Å². The highest BCUT2D eigenvalue weighted by Gasteiger charge is 2.28. The molecule has 2 heteroatoms. The van der Waals surface area contributed by atoms with Crippen molar-refractivity contribution in [2.75, 3.05) is 6.54 Å². The van der Waals surface area contributed by atoms with Crippen molar-refractivity contribution in [3.63, 3.8) is 0 Å². The van der Waals surface area contributed by atoms with Crippen LogP contribution in [0.15, 0.2) is 23.0 Å². The van der Waals surface area contributed by atoms with Crippen LogP contribution < -0.4 is 5.32 Å². The normalized spacial score (nSPS) is 26.1. The average Bonchev–Trinajstić information content (AvgIpc) is 2.91. The van der Waals surface area contributed by atoms with Crippen molar-refractivity contribution < 1.29 is 4.42 Å². The minimum absolute atomic E-state index is 0.497. The zero-order chi connectivity index (χ0) is 12.8. The minimum atomic E-state index is 0.497. The lowest BCUT2D eigenvalue weighted by atomic mass is 9.76. The standard InChI is InChI=1S/C16H27NO/c1-3-5-13-6-8-14(9-7-13)16(17-4-2)15-10-11-18-12-15/h10-14,16-17H,3-9H2,1-2H3. The van der Waals surface area contributed by atoms with Gasteiger partial charge in [0, 0.05) is 11.6 Å². The molecule has 102 valence electrons. The Bertz CT molecular complexity index is 312. The highest BCUT2D eigenvalue weighted by atomic mass is 16.3. The molecule has 1 aliphatic rings. The Morgan fingerprint density at radius 1 is 1.28 bits per heavy atom. The number of furan rings is 1. The first-order chi connectivity index (χ1) is 8.85. The van der Waals surface area contributed by atoms with E-state index in [0.29, 0.717) is 6.04 Å². The van der Waals surface area contributed by atoms with Crippen LogP contribution in [0.2, 0.25) is 0 Å². The summed E-state index contributed by atoms with van der Waals surface area (Å²) in [5.74, 6) is 1.77. The van der Waals surface area contributed by atoms with Gasteiger partial charge in [-0.25, -0.2) is 0 Å². The van der Waals surface area contributed by atoms with E-state index >= 15 is 0 Å². The third kappa shape index (κ3) is 3.38. The molecule has 0 spiro atoms. The maximum Gasteiger partial charge on any atom is 0.0950 e. The van der Waals surface area contributed by atoms with E-state index in [-0.39, 0.29) is 0 Å². The molecule has 1 heterocycles. The van der Waals surface area contributed by atoms with Crippen LogP contribution in [0.4, 0.5) is 0 Å². The Morgan fingerprint density at radius 3 is 2.61 bits per heavy atom. The van der Waals surface area contributed by atoms with Gasteiger partial charge in [-0.2, -0.15) is 0 Å². The molecule has 0 amide bonds. The maximum absolute atomic E-state index is 5.25. The van der Waals surface area contributed by atoms with E-state index in [1.807, 2.05) is 6.26 Å². The van der Waals surface area contributed by atoms with Crippen LogP contribution in [0.3, 0.4) is 0 Å². The summed E-state index contributed by atoms with van der Waals surface area (Å²) < 4.78 is 5.25. The lowest BCUT2D eigenvalue weighted by molar-refractivity contribution is 0.215. The fraction of sp³-hybridized carbons (Fsp3) is 0.750. The molecule has 2 nitrogen and oxygen atoms in total. The molecule has 1 N–H and O–H groups in total. The predicted octanol–water partition coefficient (Wildman–Crippen LogP) is 4.54. The van der Waals surface area contributed by atoms with Crippen molar-refractivity contribution in [3.05, 3.63) is 24.2 Å². The van der Waals surface area contributed by atoms with Gasteiger partial charge < -0.3 is 9.73 Å². The second kappa shape index (κ2) is 6.98. The molecule has 18 heavy (non-hydrogen) atoms. The second-order valence-corrected chi connectivity index (χ2v) is 5.66. The second-order valence-electron chi connectivity index (χ2n) is 5.66. The molecular weight excluding hydrogens is 222 g/mol. The van der Waals surface area contributed by atoms with E-state index in [4.69, 9.17) is 4.42 Å². The molecule has 2 rings (SSSR count). The van der Waals surface area contributed by atoms with Crippen LogP contribution in [0.5, 0.6) is 0 Å². The summed E-state index contributed by atoms with van der Waals surface area (Å²) in [6.07, 6.45) is 12.0. The fourth-order valence-electron chi connectivity index (χ4n) is 3.45. The summed E-state index contributed by atoms with van der Waals surface area (Å²) in [6, 6.07) is 2.61. The van der Waals surface area contributed by atoms with Gasteiger partial charge in [-0.05, 0) is 37.3 Å². The first-order valence-corrected chi connectivity index (χ1v) is 7.60. The van der Waals surface area contributed by atoms with Gasteiger partial charge in [-0.15, -0.1) is 0 Å². The summed E-state index contributed by atoms with van der Waals surface area (Å²) in [6.45, 7) is 5.53. The zero-order valence-corrected chi connectivity index (χ0v) is 11.8. The quantitative estimate of drug-likeness (QED) is 0.801. The van der Waals surface area contributed by atoms with Crippen molar-refractivity contribution in [3.8, 4) is 0 Å². The number of nitrogens with one attached hydrogen (secondary N) is 1. The molecule has 1 unspecified atom stereocenters. The van der Waals surface area contributed by atoms with E-state index in [1.54, 1.807) is 6.26 Å². The van der Waals surface area contributed by atoms with Gasteiger partial charge in [0.05, 0.1) is 12.5 Å². The van der Waals surface area contributed by atoms with Gasteiger partial charge >= 0.3 is 0 Å². The van der Waals surface area contributed by atoms with Gasteiger partial charge in [0.25, 0.3) is 0 Å². The highest BCUT2D eigenvalue weighted by molar-refractivity contribution is 5.13. The Kier molecular flexibility index (Phi) is 5.30. The molecular formula is C16H27NO. The van der Waals surface area contributed by atoms with Gasteiger partial charge in [0.1, 0.15) is 0 Å². The predicted molar refractivity (Wildman–Crippen MR) is 75.5 cm³/mol. The van der Waals surface area contributed by atoms with Gasteiger partial charge in [0.15, 0.2) is 0 Å². The van der Waals surface area contributed by atoms with Crippen molar-refractivity contribution in [2.24, 2.45) is 11.8 Å². The van der Waals surface area contributed by atoms with Gasteiger partial charge in [-0.1, -0.05) is 39.5 Å². The Hall–Kier alpha value is -0.760. The lowest BCUT2D eigenvalue weighted by Crippen LogP contribution is -2.30. The van der Waals surface area contributed by atoms with E-state index < -0.39 is 0 Å². The molecule has 1 aromatic rings. The van der Waals surface area contributed by atoms with Crippen LogP contribution in [0.1, 0.15) is 64.0 Å². The van der Waals surface area contributed by atoms with Crippen LogP contribution in [-0.4, -0.2) is 6.54 Å². The van der Waals surface area contributed by atoms with E-state index in [0.717, 1.165) is 18.4 Å². The Labute approximate surface area is 111 Å².